The molecule has 3 N–H and O–H groups in total. The van der Waals surface area contributed by atoms with Crippen LogP contribution >= 0.6 is 11.6 Å². The monoisotopic (exact) mass is 302 g/mol. The summed E-state index contributed by atoms with van der Waals surface area (Å²) >= 11 is 5.62. The fourth-order valence-electron chi connectivity index (χ4n) is 2.00. The van der Waals surface area contributed by atoms with Gasteiger partial charge in [-0.05, 0) is 6.07 Å². The maximum absolute atomic E-state index is 9.96. The first kappa shape index (κ1) is 15.4. The van der Waals surface area contributed by atoms with Crippen LogP contribution in [0.4, 0.5) is 0 Å². The summed E-state index contributed by atoms with van der Waals surface area (Å²) in [5, 5.41) is 17.7. The molecule has 0 aliphatic carbocycles. The second-order valence-corrected chi connectivity index (χ2v) is 5.03. The first-order valence-corrected chi connectivity index (χ1v) is 6.89. The van der Waals surface area contributed by atoms with Crippen molar-refractivity contribution in [3.8, 4) is 5.88 Å². The molecule has 8 heteroatoms. The molecule has 7 nitrogen and oxygen atoms in total. The molecule has 1 aliphatic heterocycles. The van der Waals surface area contributed by atoms with Gasteiger partial charge < -0.3 is 20.3 Å². The van der Waals surface area contributed by atoms with Crippen LogP contribution in [0.1, 0.15) is 0 Å². The summed E-state index contributed by atoms with van der Waals surface area (Å²) in [6, 6.07) is 3.20. The molecular formula is C12H19ClN4O3. The third kappa shape index (κ3) is 4.84. The number of rotatable bonds is 6. The molecule has 2 unspecified atom stereocenters. The van der Waals surface area contributed by atoms with Crippen LogP contribution in [-0.2, 0) is 4.74 Å². The van der Waals surface area contributed by atoms with Crippen LogP contribution in [0, 0.1) is 0 Å². The summed E-state index contributed by atoms with van der Waals surface area (Å²) < 4.78 is 10.8. The molecule has 1 fully saturated rings. The molecule has 1 aromatic heterocycles. The maximum Gasteiger partial charge on any atom is 0.233 e. The Hall–Kier alpha value is -0.990. The number of morpholine rings is 1. The zero-order valence-corrected chi connectivity index (χ0v) is 11.9. The Kier molecular flexibility index (Phi) is 5.93. The van der Waals surface area contributed by atoms with Crippen LogP contribution in [0.2, 0.25) is 5.15 Å². The van der Waals surface area contributed by atoms with Gasteiger partial charge in [0, 0.05) is 32.2 Å². The van der Waals surface area contributed by atoms with Crippen LogP contribution in [0.15, 0.2) is 12.1 Å². The van der Waals surface area contributed by atoms with E-state index >= 15 is 0 Å². The Morgan fingerprint density at radius 3 is 3.10 bits per heavy atom. The van der Waals surface area contributed by atoms with Crippen molar-refractivity contribution in [3.05, 3.63) is 17.3 Å². The van der Waals surface area contributed by atoms with E-state index in [4.69, 9.17) is 26.8 Å². The fourth-order valence-corrected chi connectivity index (χ4v) is 2.10. The summed E-state index contributed by atoms with van der Waals surface area (Å²) in [7, 11) is 0. The summed E-state index contributed by atoms with van der Waals surface area (Å²) in [6.45, 7) is 3.31. The van der Waals surface area contributed by atoms with Crippen LogP contribution in [0.5, 0.6) is 5.88 Å². The van der Waals surface area contributed by atoms with Crippen molar-refractivity contribution in [2.75, 3.05) is 39.4 Å². The van der Waals surface area contributed by atoms with Crippen molar-refractivity contribution < 1.29 is 14.6 Å². The number of ether oxygens (including phenoxy) is 2. The van der Waals surface area contributed by atoms with Crippen molar-refractivity contribution in [1.82, 2.24) is 15.1 Å². The second kappa shape index (κ2) is 7.70. The van der Waals surface area contributed by atoms with Crippen LogP contribution in [0.3, 0.4) is 0 Å². The molecule has 2 rings (SSSR count). The lowest BCUT2D eigenvalue weighted by Gasteiger charge is -2.33. The van der Waals surface area contributed by atoms with Gasteiger partial charge in [0.15, 0.2) is 5.15 Å². The molecule has 112 valence electrons. The Labute approximate surface area is 122 Å². The van der Waals surface area contributed by atoms with Gasteiger partial charge in [-0.2, -0.15) is 0 Å². The quantitative estimate of drug-likeness (QED) is 0.733. The van der Waals surface area contributed by atoms with Gasteiger partial charge in [0.2, 0.25) is 5.88 Å². The van der Waals surface area contributed by atoms with Gasteiger partial charge in [-0.25, -0.2) is 0 Å². The molecule has 0 radical (unpaired) electrons. The molecule has 20 heavy (non-hydrogen) atoms. The standard InChI is InChI=1S/C12H19ClN4O3/c13-11-1-2-12(16-15-11)20-8-9(18)6-17-3-4-19-10(5-14)7-17/h1-2,9-10,18H,3-8,14H2. The number of β-amino-alcohol motifs (C(OH)–C–C–N with tert-alkyl or cyclic N) is 1. The SMILES string of the molecule is NCC1CN(CC(O)COc2ccc(Cl)nn2)CCO1. The smallest absolute Gasteiger partial charge is 0.233 e. The average Bonchev–Trinajstić information content (AvgIpc) is 2.47. The van der Waals surface area contributed by atoms with Gasteiger partial charge in [0.05, 0.1) is 12.7 Å². The lowest BCUT2D eigenvalue weighted by molar-refractivity contribution is -0.0402. The molecule has 0 bridgehead atoms. The molecule has 2 atom stereocenters. The zero-order valence-electron chi connectivity index (χ0n) is 11.1. The Morgan fingerprint density at radius 1 is 1.55 bits per heavy atom. The van der Waals surface area contributed by atoms with Crippen LogP contribution in [0.25, 0.3) is 0 Å². The van der Waals surface area contributed by atoms with E-state index in [1.54, 1.807) is 12.1 Å². The van der Waals surface area contributed by atoms with E-state index in [0.29, 0.717) is 30.7 Å². The fraction of sp³-hybridized carbons (Fsp3) is 0.667. The first-order valence-electron chi connectivity index (χ1n) is 6.51. The van der Waals surface area contributed by atoms with Gasteiger partial charge in [0.1, 0.15) is 12.7 Å². The molecule has 0 saturated carbocycles. The topological polar surface area (TPSA) is 93.7 Å². The van der Waals surface area contributed by atoms with Crippen molar-refractivity contribution in [2.24, 2.45) is 5.73 Å². The highest BCUT2D eigenvalue weighted by Crippen LogP contribution is 2.09. The highest BCUT2D eigenvalue weighted by molar-refractivity contribution is 6.29. The van der Waals surface area contributed by atoms with E-state index in [9.17, 15) is 5.11 Å². The lowest BCUT2D eigenvalue weighted by atomic mass is 10.2. The number of aliphatic hydroxyl groups is 1. The Balaban J connectivity index is 1.72. The first-order chi connectivity index (χ1) is 9.67. The second-order valence-electron chi connectivity index (χ2n) is 4.65. The number of nitrogens with zero attached hydrogens (tertiary/aromatic N) is 3. The Bertz CT molecular complexity index is 406. The normalized spacial score (nSPS) is 21.6. The molecule has 1 aromatic rings. The number of aliphatic hydroxyl groups excluding tert-OH is 1. The highest BCUT2D eigenvalue weighted by Gasteiger charge is 2.21. The average molecular weight is 303 g/mol. The molecule has 2 heterocycles. The summed E-state index contributed by atoms with van der Waals surface area (Å²) in [6.07, 6.45) is -0.567. The maximum atomic E-state index is 9.96. The van der Waals surface area contributed by atoms with Crippen LogP contribution < -0.4 is 10.5 Å². The molecule has 0 amide bonds. The molecule has 1 saturated heterocycles. The van der Waals surface area contributed by atoms with Gasteiger partial charge in [-0.1, -0.05) is 11.6 Å². The van der Waals surface area contributed by atoms with Crippen molar-refractivity contribution in [3.63, 3.8) is 0 Å². The largest absolute Gasteiger partial charge is 0.474 e. The zero-order chi connectivity index (χ0) is 14.4. The summed E-state index contributed by atoms with van der Waals surface area (Å²) in [5.41, 5.74) is 5.58. The molecule has 0 spiro atoms. The van der Waals surface area contributed by atoms with Crippen molar-refractivity contribution >= 4 is 11.6 Å². The van der Waals surface area contributed by atoms with E-state index in [-0.39, 0.29) is 12.7 Å². The lowest BCUT2D eigenvalue weighted by Crippen LogP contribution is -2.48. The predicted molar refractivity (Wildman–Crippen MR) is 73.8 cm³/mol. The molecular weight excluding hydrogens is 284 g/mol. The highest BCUT2D eigenvalue weighted by atomic mass is 35.5. The van der Waals surface area contributed by atoms with E-state index in [0.717, 1.165) is 13.1 Å². The Morgan fingerprint density at radius 2 is 2.40 bits per heavy atom. The minimum atomic E-state index is -0.607. The minimum Gasteiger partial charge on any atom is -0.474 e. The number of nitrogens with two attached hydrogens (primary N) is 1. The van der Waals surface area contributed by atoms with Crippen molar-refractivity contribution in [1.29, 1.82) is 0 Å². The number of aromatic nitrogens is 2. The third-order valence-corrected chi connectivity index (χ3v) is 3.19. The van der Waals surface area contributed by atoms with Crippen molar-refractivity contribution in [2.45, 2.75) is 12.2 Å². The van der Waals surface area contributed by atoms with Crippen LogP contribution in [-0.4, -0.2) is 71.8 Å². The number of halogens is 1. The minimum absolute atomic E-state index is 0.0407. The van der Waals surface area contributed by atoms with E-state index in [1.165, 1.54) is 0 Å². The van der Waals surface area contributed by atoms with E-state index in [2.05, 4.69) is 15.1 Å². The summed E-state index contributed by atoms with van der Waals surface area (Å²) in [4.78, 5) is 2.11. The number of hydrogen-bond donors (Lipinski definition) is 2. The van der Waals surface area contributed by atoms with Gasteiger partial charge >= 0.3 is 0 Å². The predicted octanol–water partition coefficient (Wildman–Crippen LogP) is -0.471. The molecule has 0 aromatic carbocycles. The van der Waals surface area contributed by atoms with E-state index in [1.807, 2.05) is 0 Å². The van der Waals surface area contributed by atoms with E-state index < -0.39 is 6.10 Å². The van der Waals surface area contributed by atoms with Gasteiger partial charge in [-0.15, -0.1) is 10.2 Å². The summed E-state index contributed by atoms with van der Waals surface area (Å²) in [5.74, 6) is 0.343. The van der Waals surface area contributed by atoms with Gasteiger partial charge in [-0.3, -0.25) is 4.90 Å². The molecule has 1 aliphatic rings. The van der Waals surface area contributed by atoms with Gasteiger partial charge in [0.25, 0.3) is 0 Å². The third-order valence-electron chi connectivity index (χ3n) is 2.99. The number of hydrogen-bond acceptors (Lipinski definition) is 7.